The van der Waals surface area contributed by atoms with Crippen LogP contribution in [0, 0.1) is 0 Å². The molecule has 1 saturated heterocycles. The first kappa shape index (κ1) is 12.1. The smallest absolute Gasteiger partial charge is 0.253 e. The van der Waals surface area contributed by atoms with Crippen LogP contribution in [0.25, 0.3) is 0 Å². The summed E-state index contributed by atoms with van der Waals surface area (Å²) in [7, 11) is -3.53. The first-order valence-corrected chi connectivity index (χ1v) is 7.77. The van der Waals surface area contributed by atoms with Gasteiger partial charge in [-0.15, -0.1) is 0 Å². The number of hydrogen-bond donors (Lipinski definition) is 0. The van der Waals surface area contributed by atoms with Crippen molar-refractivity contribution in [2.45, 2.75) is 44.4 Å². The van der Waals surface area contributed by atoms with E-state index in [0.717, 1.165) is 31.2 Å². The molecule has 0 N–H and O–H groups in total. The van der Waals surface area contributed by atoms with E-state index in [-0.39, 0.29) is 12.1 Å². The summed E-state index contributed by atoms with van der Waals surface area (Å²) in [4.78, 5) is 0. The molecule has 0 unspecified atom stereocenters. The Morgan fingerprint density at radius 2 is 1.89 bits per heavy atom. The van der Waals surface area contributed by atoms with Crippen molar-refractivity contribution in [2.24, 2.45) is 0 Å². The number of nitrogens with zero attached hydrogens (tertiary/aromatic N) is 1. The maximum absolute atomic E-state index is 12.0. The molecule has 4 nitrogen and oxygen atoms in total. The predicted octanol–water partition coefficient (Wildman–Crippen LogP) is 2.07. The van der Waals surface area contributed by atoms with Crippen molar-refractivity contribution in [1.82, 2.24) is 4.31 Å². The average Bonchev–Trinajstić information content (AvgIpc) is 2.62. The van der Waals surface area contributed by atoms with Gasteiger partial charge in [-0.2, -0.15) is 12.7 Å². The van der Waals surface area contributed by atoms with Gasteiger partial charge in [0, 0.05) is 6.54 Å². The van der Waals surface area contributed by atoms with Crippen LogP contribution in [0.1, 0.15) is 31.2 Å². The van der Waals surface area contributed by atoms with Crippen LogP contribution < -0.4 is 0 Å². The Bertz CT molecular complexity index is 514. The van der Waals surface area contributed by atoms with E-state index in [4.69, 9.17) is 4.18 Å². The molecule has 1 aliphatic heterocycles. The van der Waals surface area contributed by atoms with Crippen molar-refractivity contribution in [3.63, 3.8) is 0 Å². The van der Waals surface area contributed by atoms with Gasteiger partial charge in [0.1, 0.15) is 0 Å². The standard InChI is InChI=1S/C13H17NO3S/c15-18(16)14(10-11-6-2-1-3-7-11)12-8-4-5-9-13(12)17-18/h1-3,6-7,12-13H,4-5,8-10H2/t12-,13+/m0/s1. The van der Waals surface area contributed by atoms with Gasteiger partial charge in [-0.05, 0) is 18.4 Å². The molecule has 5 heteroatoms. The van der Waals surface area contributed by atoms with Crippen LogP contribution in [0.4, 0.5) is 0 Å². The van der Waals surface area contributed by atoms with Gasteiger partial charge in [0.25, 0.3) is 0 Å². The van der Waals surface area contributed by atoms with Gasteiger partial charge >= 0.3 is 10.3 Å². The molecule has 2 aliphatic rings. The Balaban J connectivity index is 1.85. The minimum atomic E-state index is -3.53. The van der Waals surface area contributed by atoms with Gasteiger partial charge in [-0.1, -0.05) is 43.2 Å². The third kappa shape index (κ3) is 2.18. The van der Waals surface area contributed by atoms with Gasteiger partial charge in [0.05, 0.1) is 12.1 Å². The van der Waals surface area contributed by atoms with E-state index in [9.17, 15) is 8.42 Å². The van der Waals surface area contributed by atoms with Crippen molar-refractivity contribution in [3.05, 3.63) is 35.9 Å². The van der Waals surface area contributed by atoms with E-state index in [1.807, 2.05) is 30.3 Å². The maximum Gasteiger partial charge on any atom is 0.339 e. The van der Waals surface area contributed by atoms with E-state index in [0.29, 0.717) is 6.54 Å². The van der Waals surface area contributed by atoms with Crippen molar-refractivity contribution in [3.8, 4) is 0 Å². The number of hydrogen-bond acceptors (Lipinski definition) is 3. The predicted molar refractivity (Wildman–Crippen MR) is 68.0 cm³/mol. The lowest BCUT2D eigenvalue weighted by Crippen LogP contribution is -2.38. The molecule has 3 rings (SSSR count). The fraction of sp³-hybridized carbons (Fsp3) is 0.538. The van der Waals surface area contributed by atoms with E-state index >= 15 is 0 Å². The molecule has 98 valence electrons. The van der Waals surface area contributed by atoms with Crippen LogP contribution in [0.2, 0.25) is 0 Å². The minimum absolute atomic E-state index is 0.0314. The Hall–Kier alpha value is -0.910. The largest absolute Gasteiger partial charge is 0.339 e. The second-order valence-electron chi connectivity index (χ2n) is 4.98. The number of benzene rings is 1. The van der Waals surface area contributed by atoms with Crippen LogP contribution in [-0.2, 0) is 21.0 Å². The van der Waals surface area contributed by atoms with Gasteiger partial charge < -0.3 is 0 Å². The molecule has 1 aromatic rings. The lowest BCUT2D eigenvalue weighted by atomic mass is 9.92. The fourth-order valence-corrected chi connectivity index (χ4v) is 4.38. The zero-order chi connectivity index (χ0) is 12.6. The second kappa shape index (κ2) is 4.64. The van der Waals surface area contributed by atoms with E-state index in [2.05, 4.69) is 0 Å². The topological polar surface area (TPSA) is 46.6 Å². The highest BCUT2D eigenvalue weighted by molar-refractivity contribution is 7.84. The summed E-state index contributed by atoms with van der Waals surface area (Å²) in [5.74, 6) is 0. The van der Waals surface area contributed by atoms with Gasteiger partial charge in [-0.3, -0.25) is 4.18 Å². The SMILES string of the molecule is O=S1(=O)O[C@@H]2CCCC[C@@H]2N1Cc1ccccc1. The second-order valence-corrected chi connectivity index (χ2v) is 6.49. The molecule has 0 radical (unpaired) electrons. The van der Waals surface area contributed by atoms with Crippen LogP contribution in [0.3, 0.4) is 0 Å². The van der Waals surface area contributed by atoms with Gasteiger partial charge in [0.2, 0.25) is 0 Å². The monoisotopic (exact) mass is 267 g/mol. The molecule has 0 aromatic heterocycles. The van der Waals surface area contributed by atoms with E-state index < -0.39 is 10.3 Å². The van der Waals surface area contributed by atoms with Crippen molar-refractivity contribution >= 4 is 10.3 Å². The molecular weight excluding hydrogens is 250 g/mol. The van der Waals surface area contributed by atoms with E-state index in [1.54, 1.807) is 0 Å². The molecule has 2 fully saturated rings. The Morgan fingerprint density at radius 1 is 1.17 bits per heavy atom. The summed E-state index contributed by atoms with van der Waals surface area (Å²) < 4.78 is 30.8. The Labute approximate surface area is 108 Å². The zero-order valence-electron chi connectivity index (χ0n) is 10.2. The van der Waals surface area contributed by atoms with Crippen molar-refractivity contribution in [2.75, 3.05) is 0 Å². The average molecular weight is 267 g/mol. The summed E-state index contributed by atoms with van der Waals surface area (Å²) in [5.41, 5.74) is 1.01. The lowest BCUT2D eigenvalue weighted by Gasteiger charge is -2.26. The quantitative estimate of drug-likeness (QED) is 0.824. The fourth-order valence-electron chi connectivity index (χ4n) is 2.86. The highest BCUT2D eigenvalue weighted by Gasteiger charge is 2.46. The summed E-state index contributed by atoms with van der Waals surface area (Å²) in [6.07, 6.45) is 3.79. The highest BCUT2D eigenvalue weighted by Crippen LogP contribution is 2.35. The zero-order valence-corrected chi connectivity index (χ0v) is 11.0. The normalized spacial score (nSPS) is 31.1. The van der Waals surface area contributed by atoms with Crippen LogP contribution >= 0.6 is 0 Å². The lowest BCUT2D eigenvalue weighted by molar-refractivity contribution is 0.144. The summed E-state index contributed by atoms with van der Waals surface area (Å²) >= 11 is 0. The van der Waals surface area contributed by atoms with Gasteiger partial charge in [0.15, 0.2) is 0 Å². The summed E-state index contributed by atoms with van der Waals surface area (Å²) in [6, 6.07) is 9.72. The third-order valence-corrected chi connectivity index (χ3v) is 5.22. The first-order valence-electron chi connectivity index (χ1n) is 6.41. The molecule has 1 aliphatic carbocycles. The molecule has 0 amide bonds. The van der Waals surface area contributed by atoms with Crippen LogP contribution in [0.5, 0.6) is 0 Å². The number of fused-ring (bicyclic) bond motifs is 1. The summed E-state index contributed by atoms with van der Waals surface area (Å²) in [5, 5.41) is 0. The molecule has 18 heavy (non-hydrogen) atoms. The van der Waals surface area contributed by atoms with Crippen LogP contribution in [0.15, 0.2) is 30.3 Å². The third-order valence-electron chi connectivity index (χ3n) is 3.75. The Morgan fingerprint density at radius 3 is 2.67 bits per heavy atom. The molecule has 0 spiro atoms. The number of rotatable bonds is 2. The van der Waals surface area contributed by atoms with E-state index in [1.165, 1.54) is 4.31 Å². The van der Waals surface area contributed by atoms with Crippen molar-refractivity contribution < 1.29 is 12.6 Å². The minimum Gasteiger partial charge on any atom is -0.253 e. The molecule has 2 atom stereocenters. The summed E-state index contributed by atoms with van der Waals surface area (Å²) in [6.45, 7) is 0.421. The van der Waals surface area contributed by atoms with Crippen LogP contribution in [-0.4, -0.2) is 24.9 Å². The Kier molecular flexibility index (Phi) is 3.13. The molecule has 1 heterocycles. The molecule has 0 bridgehead atoms. The molecule has 1 aromatic carbocycles. The first-order chi connectivity index (χ1) is 8.67. The van der Waals surface area contributed by atoms with Crippen molar-refractivity contribution in [1.29, 1.82) is 0 Å². The molecule has 1 saturated carbocycles. The molecular formula is C13H17NO3S. The van der Waals surface area contributed by atoms with Gasteiger partial charge in [-0.25, -0.2) is 0 Å². The maximum atomic E-state index is 12.0. The highest BCUT2D eigenvalue weighted by atomic mass is 32.2.